The van der Waals surface area contributed by atoms with Crippen LogP contribution in [-0.4, -0.2) is 68.0 Å². The maximum atomic E-state index is 12.3. The van der Waals surface area contributed by atoms with Crippen molar-refractivity contribution in [1.82, 2.24) is 13.9 Å². The number of benzene rings is 1. The van der Waals surface area contributed by atoms with Crippen molar-refractivity contribution >= 4 is 21.8 Å². The molecule has 0 atom stereocenters. The Balaban J connectivity index is 1.47. The van der Waals surface area contributed by atoms with Gasteiger partial charge in [0.1, 0.15) is 11.3 Å². The number of hydrogen-bond acceptors (Lipinski definition) is 5. The van der Waals surface area contributed by atoms with Crippen LogP contribution in [0, 0.1) is 0 Å². The van der Waals surface area contributed by atoms with Gasteiger partial charge >= 0.3 is 0 Å². The minimum atomic E-state index is -3.42. The third-order valence-electron chi connectivity index (χ3n) is 5.06. The Bertz CT molecular complexity index is 800. The van der Waals surface area contributed by atoms with Gasteiger partial charge in [0.2, 0.25) is 0 Å². The minimum absolute atomic E-state index is 0.217. The van der Waals surface area contributed by atoms with Gasteiger partial charge in [-0.2, -0.15) is 17.0 Å². The lowest BCUT2D eigenvalue weighted by molar-refractivity contribution is -0.114. The van der Waals surface area contributed by atoms with Gasteiger partial charge in [-0.15, -0.1) is 0 Å². The van der Waals surface area contributed by atoms with E-state index < -0.39 is 15.8 Å². The summed E-state index contributed by atoms with van der Waals surface area (Å²) in [6.07, 6.45) is 2.21. The third-order valence-corrected chi connectivity index (χ3v) is 7.01. The first-order chi connectivity index (χ1) is 12.8. The highest BCUT2D eigenvalue weighted by Gasteiger charge is 2.45. The second-order valence-corrected chi connectivity index (χ2v) is 9.31. The number of oxime groups is 1. The van der Waals surface area contributed by atoms with Crippen LogP contribution in [0.15, 0.2) is 35.5 Å². The van der Waals surface area contributed by atoms with E-state index in [2.05, 4.69) is 10.5 Å². The lowest BCUT2D eigenvalue weighted by Crippen LogP contribution is -2.50. The Hall–Kier alpha value is -1.97. The summed E-state index contributed by atoms with van der Waals surface area (Å²) in [4.78, 5) is 17.9. The molecule has 27 heavy (non-hydrogen) atoms. The molecule has 1 aromatic rings. The Morgan fingerprint density at radius 3 is 2.56 bits per heavy atom. The molecule has 1 N–H and O–H groups in total. The Morgan fingerprint density at radius 2 is 1.93 bits per heavy atom. The van der Waals surface area contributed by atoms with Crippen molar-refractivity contribution in [3.63, 3.8) is 0 Å². The maximum Gasteiger partial charge on any atom is 0.281 e. The molecule has 1 amide bonds. The van der Waals surface area contributed by atoms with Crippen LogP contribution in [0.5, 0.6) is 0 Å². The maximum absolute atomic E-state index is 12.3. The van der Waals surface area contributed by atoms with Crippen molar-refractivity contribution in [2.75, 3.05) is 33.7 Å². The normalized spacial score (nSPS) is 19.7. The van der Waals surface area contributed by atoms with E-state index in [0.29, 0.717) is 44.6 Å². The molecular formula is C18H26N4O4S. The second-order valence-electron chi connectivity index (χ2n) is 7.17. The molecule has 0 saturated carbocycles. The van der Waals surface area contributed by atoms with Gasteiger partial charge in [-0.25, -0.2) is 0 Å². The van der Waals surface area contributed by atoms with Crippen LogP contribution < -0.4 is 5.32 Å². The van der Waals surface area contributed by atoms with Gasteiger partial charge in [0.05, 0.1) is 0 Å². The Labute approximate surface area is 160 Å². The lowest BCUT2D eigenvalue weighted by Gasteiger charge is -2.37. The van der Waals surface area contributed by atoms with E-state index in [0.717, 1.165) is 12.0 Å². The lowest BCUT2D eigenvalue weighted by atomic mass is 9.87. The number of piperidine rings is 1. The fraction of sp³-hybridized carbons (Fsp3) is 0.556. The predicted octanol–water partition coefficient (Wildman–Crippen LogP) is 0.763. The van der Waals surface area contributed by atoms with Gasteiger partial charge in [0, 0.05) is 53.0 Å². The van der Waals surface area contributed by atoms with Gasteiger partial charge in [-0.05, 0) is 12.0 Å². The molecule has 2 aliphatic heterocycles. The fourth-order valence-corrected chi connectivity index (χ4v) is 4.44. The van der Waals surface area contributed by atoms with E-state index in [4.69, 9.17) is 4.84 Å². The molecule has 0 aromatic heterocycles. The zero-order valence-corrected chi connectivity index (χ0v) is 16.5. The number of rotatable bonds is 6. The molecule has 0 unspecified atom stereocenters. The first-order valence-corrected chi connectivity index (χ1v) is 10.5. The Morgan fingerprint density at radius 1 is 1.26 bits per heavy atom. The molecule has 3 rings (SSSR count). The number of amides is 1. The number of hydrogen-bond donors (Lipinski definition) is 1. The highest BCUT2D eigenvalue weighted by Crippen LogP contribution is 2.35. The average Bonchev–Trinajstić information content (AvgIpc) is 3.06. The van der Waals surface area contributed by atoms with Gasteiger partial charge < -0.3 is 10.2 Å². The minimum Gasteiger partial charge on any atom is -0.388 e. The summed E-state index contributed by atoms with van der Waals surface area (Å²) in [5.41, 5.74) is 0.977. The summed E-state index contributed by atoms with van der Waals surface area (Å²) in [6.45, 7) is 1.25. The van der Waals surface area contributed by atoms with Gasteiger partial charge in [0.25, 0.3) is 16.1 Å². The van der Waals surface area contributed by atoms with Crippen LogP contribution in [0.3, 0.4) is 0 Å². The van der Waals surface area contributed by atoms with E-state index in [1.165, 1.54) is 22.7 Å². The second kappa shape index (κ2) is 7.95. The van der Waals surface area contributed by atoms with E-state index >= 15 is 0 Å². The summed E-state index contributed by atoms with van der Waals surface area (Å²) < 4.78 is 27.1. The molecule has 148 valence electrons. The van der Waals surface area contributed by atoms with Crippen LogP contribution in [0.25, 0.3) is 0 Å². The standard InChI is InChI=1S/C18H26N4O4S/c1-21(2)27(24,25)22-12-9-18(10-13-22)14-16(20-26-18)17(23)19-11-8-15-6-4-3-5-7-15/h3-7H,8-14H2,1-2H3,(H,19,23). The molecule has 1 spiro atoms. The molecule has 8 nitrogen and oxygen atoms in total. The molecule has 1 fully saturated rings. The van der Waals surface area contributed by atoms with Crippen LogP contribution >= 0.6 is 0 Å². The van der Waals surface area contributed by atoms with Gasteiger partial charge in [0.15, 0.2) is 0 Å². The summed E-state index contributed by atoms with van der Waals surface area (Å²) in [6, 6.07) is 9.94. The molecule has 0 radical (unpaired) electrons. The van der Waals surface area contributed by atoms with Crippen molar-refractivity contribution in [3.8, 4) is 0 Å². The molecule has 1 saturated heterocycles. The van der Waals surface area contributed by atoms with Gasteiger partial charge in [-0.1, -0.05) is 35.5 Å². The van der Waals surface area contributed by atoms with Crippen molar-refractivity contribution in [2.24, 2.45) is 5.16 Å². The molecule has 9 heteroatoms. The zero-order valence-electron chi connectivity index (χ0n) is 15.7. The molecule has 0 bridgehead atoms. The molecule has 1 aromatic carbocycles. The number of nitrogens with one attached hydrogen (secondary N) is 1. The first kappa shape index (κ1) is 19.8. The summed E-state index contributed by atoms with van der Waals surface area (Å²) in [7, 11) is -0.379. The van der Waals surface area contributed by atoms with Crippen molar-refractivity contribution in [1.29, 1.82) is 0 Å². The van der Waals surface area contributed by atoms with Crippen LogP contribution in [0.1, 0.15) is 24.8 Å². The zero-order chi connectivity index (χ0) is 19.5. The number of nitrogens with zero attached hydrogens (tertiary/aromatic N) is 3. The summed E-state index contributed by atoms with van der Waals surface area (Å²) in [5.74, 6) is -0.217. The van der Waals surface area contributed by atoms with Crippen LogP contribution in [0.2, 0.25) is 0 Å². The number of carbonyl (C=O) groups is 1. The number of carbonyl (C=O) groups excluding carboxylic acids is 1. The topological polar surface area (TPSA) is 91.3 Å². The highest BCUT2D eigenvalue weighted by molar-refractivity contribution is 7.86. The third kappa shape index (κ3) is 4.48. The van der Waals surface area contributed by atoms with Crippen molar-refractivity contribution in [2.45, 2.75) is 31.3 Å². The Kier molecular flexibility index (Phi) is 5.83. The summed E-state index contributed by atoms with van der Waals surface area (Å²) in [5, 5.41) is 6.87. The highest BCUT2D eigenvalue weighted by atomic mass is 32.2. The first-order valence-electron chi connectivity index (χ1n) is 9.07. The van der Waals surface area contributed by atoms with Crippen LogP contribution in [-0.2, 0) is 26.3 Å². The van der Waals surface area contributed by atoms with Crippen molar-refractivity contribution < 1.29 is 18.0 Å². The van der Waals surface area contributed by atoms with E-state index in [1.807, 2.05) is 30.3 Å². The largest absolute Gasteiger partial charge is 0.388 e. The quantitative estimate of drug-likeness (QED) is 0.771. The summed E-state index contributed by atoms with van der Waals surface area (Å²) >= 11 is 0. The molecule has 2 aliphatic rings. The molecular weight excluding hydrogens is 368 g/mol. The monoisotopic (exact) mass is 394 g/mol. The van der Waals surface area contributed by atoms with E-state index in [9.17, 15) is 13.2 Å². The van der Waals surface area contributed by atoms with Gasteiger partial charge in [-0.3, -0.25) is 4.79 Å². The smallest absolute Gasteiger partial charge is 0.281 e. The predicted molar refractivity (Wildman–Crippen MR) is 102 cm³/mol. The molecule has 2 heterocycles. The fourth-order valence-electron chi connectivity index (χ4n) is 3.33. The van der Waals surface area contributed by atoms with Crippen molar-refractivity contribution in [3.05, 3.63) is 35.9 Å². The van der Waals surface area contributed by atoms with E-state index in [-0.39, 0.29) is 5.91 Å². The van der Waals surface area contributed by atoms with E-state index in [1.54, 1.807) is 0 Å². The SMILES string of the molecule is CN(C)S(=O)(=O)N1CCC2(CC1)CC(C(=O)NCCc1ccccc1)=NO2. The molecule has 0 aliphatic carbocycles. The van der Waals surface area contributed by atoms with Crippen LogP contribution in [0.4, 0.5) is 0 Å². The average molecular weight is 394 g/mol.